The van der Waals surface area contributed by atoms with Gasteiger partial charge in [0, 0.05) is 38.5 Å². The third-order valence-electron chi connectivity index (χ3n) is 5.05. The third kappa shape index (κ3) is 5.68. The molecule has 2 heterocycles. The molecule has 2 aliphatic heterocycles. The van der Waals surface area contributed by atoms with Crippen LogP contribution < -0.4 is 5.32 Å². The van der Waals surface area contributed by atoms with Gasteiger partial charge in [0.1, 0.15) is 0 Å². The maximum absolute atomic E-state index is 11.2. The molecule has 0 saturated carbocycles. The quantitative estimate of drug-likeness (QED) is 0.588. The average molecular weight is 374 g/mol. The van der Waals surface area contributed by atoms with Crippen LogP contribution in [0.2, 0.25) is 0 Å². The van der Waals surface area contributed by atoms with Crippen LogP contribution in [0, 0.1) is 0 Å². The second-order valence-electron chi connectivity index (χ2n) is 7.14. The first-order chi connectivity index (χ1) is 13.2. The zero-order valence-electron chi connectivity index (χ0n) is 16.1. The summed E-state index contributed by atoms with van der Waals surface area (Å²) in [6.45, 7) is 8.65. The molecule has 0 bridgehead atoms. The van der Waals surface area contributed by atoms with Crippen LogP contribution in [-0.2, 0) is 4.74 Å². The van der Waals surface area contributed by atoms with E-state index in [-0.39, 0.29) is 11.7 Å². The highest BCUT2D eigenvalue weighted by molar-refractivity contribution is 5.95. The standard InChI is InChI=1S/C20H30N4O3/c1-2-8-23-9-11-24(12-10-23)20(21-15-18-7-4-13-27-18)22-17-6-3-5-16(14-17)19(25)26/h3,5-6,14,18H,2,4,7-13,15H2,1H3,(H,21,22)(H,25,26)/t18-/m0/s1. The summed E-state index contributed by atoms with van der Waals surface area (Å²) in [5, 5.41) is 12.6. The largest absolute Gasteiger partial charge is 0.478 e. The molecule has 1 aromatic rings. The molecule has 0 amide bonds. The molecule has 2 N–H and O–H groups in total. The average Bonchev–Trinajstić information content (AvgIpc) is 3.20. The molecule has 2 aliphatic rings. The number of carboxylic acid groups (broad SMARTS) is 1. The first-order valence-corrected chi connectivity index (χ1v) is 9.89. The summed E-state index contributed by atoms with van der Waals surface area (Å²) in [5.41, 5.74) is 1.02. The van der Waals surface area contributed by atoms with E-state index in [1.165, 1.54) is 6.42 Å². The van der Waals surface area contributed by atoms with Crippen LogP contribution in [0.4, 0.5) is 5.69 Å². The molecule has 0 radical (unpaired) electrons. The number of hydrogen-bond donors (Lipinski definition) is 2. The van der Waals surface area contributed by atoms with Crippen molar-refractivity contribution in [3.63, 3.8) is 0 Å². The van der Waals surface area contributed by atoms with Crippen LogP contribution in [0.15, 0.2) is 29.3 Å². The van der Waals surface area contributed by atoms with Crippen molar-refractivity contribution in [2.24, 2.45) is 4.99 Å². The number of hydrogen-bond acceptors (Lipinski definition) is 4. The zero-order chi connectivity index (χ0) is 19.1. The summed E-state index contributed by atoms with van der Waals surface area (Å²) in [7, 11) is 0. The van der Waals surface area contributed by atoms with E-state index in [0.29, 0.717) is 6.54 Å². The minimum absolute atomic E-state index is 0.188. The van der Waals surface area contributed by atoms with Gasteiger partial charge in [-0.3, -0.25) is 9.89 Å². The lowest BCUT2D eigenvalue weighted by atomic mass is 10.2. The van der Waals surface area contributed by atoms with Gasteiger partial charge < -0.3 is 20.1 Å². The van der Waals surface area contributed by atoms with Gasteiger partial charge in [-0.2, -0.15) is 0 Å². The van der Waals surface area contributed by atoms with Gasteiger partial charge in [-0.05, 0) is 44.0 Å². The number of aromatic carboxylic acids is 1. The Kier molecular flexibility index (Phi) is 7.06. The minimum Gasteiger partial charge on any atom is -0.478 e. The smallest absolute Gasteiger partial charge is 0.335 e. The van der Waals surface area contributed by atoms with Crippen LogP contribution in [0.1, 0.15) is 36.5 Å². The lowest BCUT2D eigenvalue weighted by Gasteiger charge is -2.36. The van der Waals surface area contributed by atoms with Gasteiger partial charge in [-0.25, -0.2) is 4.79 Å². The summed E-state index contributed by atoms with van der Waals surface area (Å²) >= 11 is 0. The van der Waals surface area contributed by atoms with Gasteiger partial charge in [-0.1, -0.05) is 13.0 Å². The molecule has 0 aromatic heterocycles. The molecule has 7 nitrogen and oxygen atoms in total. The summed E-state index contributed by atoms with van der Waals surface area (Å²) in [6, 6.07) is 6.88. The summed E-state index contributed by atoms with van der Waals surface area (Å²) < 4.78 is 5.70. The van der Waals surface area contributed by atoms with Gasteiger partial charge in [0.25, 0.3) is 0 Å². The number of anilines is 1. The number of carboxylic acids is 1. The number of carbonyl (C=O) groups is 1. The van der Waals surface area contributed by atoms with Gasteiger partial charge in [0.15, 0.2) is 5.96 Å². The molecular formula is C20H30N4O3. The maximum Gasteiger partial charge on any atom is 0.335 e. The van der Waals surface area contributed by atoms with E-state index < -0.39 is 5.97 Å². The Morgan fingerprint density at radius 1 is 1.33 bits per heavy atom. The number of guanidine groups is 1. The molecule has 0 spiro atoms. The fourth-order valence-corrected chi connectivity index (χ4v) is 3.55. The van der Waals surface area contributed by atoms with Crippen molar-refractivity contribution in [2.75, 3.05) is 51.2 Å². The molecule has 1 atom stereocenters. The summed E-state index contributed by atoms with van der Waals surface area (Å²) in [6.07, 6.45) is 3.50. The first kappa shape index (κ1) is 19.6. The molecule has 2 saturated heterocycles. The number of nitrogens with zero attached hydrogens (tertiary/aromatic N) is 3. The van der Waals surface area contributed by atoms with E-state index in [1.54, 1.807) is 18.2 Å². The molecular weight excluding hydrogens is 344 g/mol. The van der Waals surface area contributed by atoms with Crippen LogP contribution in [0.5, 0.6) is 0 Å². The topological polar surface area (TPSA) is 77.4 Å². The van der Waals surface area contributed by atoms with Crippen molar-refractivity contribution < 1.29 is 14.6 Å². The highest BCUT2D eigenvalue weighted by atomic mass is 16.5. The number of piperazine rings is 1. The monoisotopic (exact) mass is 374 g/mol. The Morgan fingerprint density at radius 3 is 2.81 bits per heavy atom. The molecule has 0 unspecified atom stereocenters. The van der Waals surface area contributed by atoms with E-state index >= 15 is 0 Å². The summed E-state index contributed by atoms with van der Waals surface area (Å²) in [4.78, 5) is 20.8. The molecule has 27 heavy (non-hydrogen) atoms. The van der Waals surface area contributed by atoms with Gasteiger partial charge in [0.2, 0.25) is 0 Å². The van der Waals surface area contributed by atoms with Crippen molar-refractivity contribution >= 4 is 17.6 Å². The van der Waals surface area contributed by atoms with Crippen molar-refractivity contribution in [2.45, 2.75) is 32.3 Å². The molecule has 1 aromatic carbocycles. The normalized spacial score (nSPS) is 21.4. The number of aliphatic imine (C=N–C) groups is 1. The maximum atomic E-state index is 11.2. The van der Waals surface area contributed by atoms with E-state index in [0.717, 1.165) is 63.8 Å². The van der Waals surface area contributed by atoms with Crippen LogP contribution >= 0.6 is 0 Å². The van der Waals surface area contributed by atoms with Crippen molar-refractivity contribution in [1.29, 1.82) is 0 Å². The predicted octanol–water partition coefficient (Wildman–Crippen LogP) is 2.36. The highest BCUT2D eigenvalue weighted by Gasteiger charge is 2.21. The Bertz CT molecular complexity index is 650. The number of nitrogens with one attached hydrogen (secondary N) is 1. The second kappa shape index (κ2) is 9.71. The van der Waals surface area contributed by atoms with Gasteiger partial charge >= 0.3 is 5.97 Å². The fourth-order valence-electron chi connectivity index (χ4n) is 3.55. The predicted molar refractivity (Wildman–Crippen MR) is 107 cm³/mol. The van der Waals surface area contributed by atoms with Gasteiger partial charge in [-0.15, -0.1) is 0 Å². The molecule has 2 fully saturated rings. The minimum atomic E-state index is -0.926. The SMILES string of the molecule is CCCN1CCN(C(=NC[C@@H]2CCCO2)Nc2cccc(C(=O)O)c2)CC1. The summed E-state index contributed by atoms with van der Waals surface area (Å²) in [5.74, 6) is -0.117. The van der Waals surface area contributed by atoms with E-state index in [4.69, 9.17) is 9.73 Å². The van der Waals surface area contributed by atoms with Gasteiger partial charge in [0.05, 0.1) is 18.2 Å². The van der Waals surface area contributed by atoms with Crippen molar-refractivity contribution in [1.82, 2.24) is 9.80 Å². The molecule has 0 aliphatic carbocycles. The van der Waals surface area contributed by atoms with E-state index in [1.807, 2.05) is 6.07 Å². The van der Waals surface area contributed by atoms with Crippen molar-refractivity contribution in [3.8, 4) is 0 Å². The van der Waals surface area contributed by atoms with Crippen molar-refractivity contribution in [3.05, 3.63) is 29.8 Å². The van der Waals surface area contributed by atoms with Crippen LogP contribution in [0.25, 0.3) is 0 Å². The second-order valence-corrected chi connectivity index (χ2v) is 7.14. The highest BCUT2D eigenvalue weighted by Crippen LogP contribution is 2.15. The van der Waals surface area contributed by atoms with E-state index in [9.17, 15) is 9.90 Å². The molecule has 7 heteroatoms. The number of ether oxygens (including phenoxy) is 1. The first-order valence-electron chi connectivity index (χ1n) is 9.89. The number of rotatable bonds is 6. The molecule has 3 rings (SSSR count). The lowest BCUT2D eigenvalue weighted by molar-refractivity contribution is 0.0697. The van der Waals surface area contributed by atoms with Crippen LogP contribution in [0.3, 0.4) is 0 Å². The van der Waals surface area contributed by atoms with Crippen LogP contribution in [-0.4, -0.2) is 78.8 Å². The Labute approximate surface area is 161 Å². The number of benzene rings is 1. The lowest BCUT2D eigenvalue weighted by Crippen LogP contribution is -2.50. The Morgan fingerprint density at radius 2 is 2.15 bits per heavy atom. The fraction of sp³-hybridized carbons (Fsp3) is 0.600. The Balaban J connectivity index is 1.70. The van der Waals surface area contributed by atoms with E-state index in [2.05, 4.69) is 22.0 Å². The zero-order valence-corrected chi connectivity index (χ0v) is 16.1. The Hall–Kier alpha value is -2.12. The third-order valence-corrected chi connectivity index (χ3v) is 5.05. The molecule has 148 valence electrons.